The molecule has 1 aliphatic carbocycles. The standard InChI is InChI=1S/C11H17N3/c1-9-7-10(3-6-13-9)14-8-11(12)4-2-5-11/h3,6-7H,2,4-5,8,12H2,1H3,(H,13,14). The van der Waals surface area contributed by atoms with E-state index in [0.29, 0.717) is 0 Å². The summed E-state index contributed by atoms with van der Waals surface area (Å²) in [5.74, 6) is 0. The van der Waals surface area contributed by atoms with E-state index >= 15 is 0 Å². The second-order valence-electron chi connectivity index (χ2n) is 4.26. The zero-order chi connectivity index (χ0) is 10.0. The number of hydrogen-bond acceptors (Lipinski definition) is 3. The Morgan fingerprint density at radius 3 is 2.93 bits per heavy atom. The normalized spacial score (nSPS) is 18.7. The average molecular weight is 191 g/mol. The van der Waals surface area contributed by atoms with Crippen molar-refractivity contribution in [3.05, 3.63) is 24.0 Å². The van der Waals surface area contributed by atoms with Crippen LogP contribution >= 0.6 is 0 Å². The lowest BCUT2D eigenvalue weighted by atomic mass is 9.78. The van der Waals surface area contributed by atoms with Crippen molar-refractivity contribution in [1.82, 2.24) is 4.98 Å². The van der Waals surface area contributed by atoms with Crippen LogP contribution < -0.4 is 11.1 Å². The Morgan fingerprint density at radius 1 is 1.57 bits per heavy atom. The molecule has 0 saturated heterocycles. The summed E-state index contributed by atoms with van der Waals surface area (Å²) in [6.45, 7) is 2.86. The van der Waals surface area contributed by atoms with E-state index in [1.54, 1.807) is 0 Å². The molecule has 3 N–H and O–H groups in total. The first-order valence-electron chi connectivity index (χ1n) is 5.13. The van der Waals surface area contributed by atoms with Crippen LogP contribution in [0.4, 0.5) is 5.69 Å². The number of nitrogens with two attached hydrogens (primary N) is 1. The largest absolute Gasteiger partial charge is 0.383 e. The monoisotopic (exact) mass is 191 g/mol. The van der Waals surface area contributed by atoms with Crippen molar-refractivity contribution in [2.24, 2.45) is 5.73 Å². The Balaban J connectivity index is 1.91. The highest BCUT2D eigenvalue weighted by atomic mass is 15.0. The second-order valence-corrected chi connectivity index (χ2v) is 4.26. The van der Waals surface area contributed by atoms with Crippen LogP contribution in [-0.4, -0.2) is 17.1 Å². The molecule has 1 aliphatic rings. The van der Waals surface area contributed by atoms with Gasteiger partial charge in [0.05, 0.1) is 0 Å². The van der Waals surface area contributed by atoms with Gasteiger partial charge in [0.25, 0.3) is 0 Å². The fourth-order valence-electron chi connectivity index (χ4n) is 1.74. The summed E-state index contributed by atoms with van der Waals surface area (Å²) in [4.78, 5) is 4.15. The highest BCUT2D eigenvalue weighted by molar-refractivity contribution is 5.43. The quantitative estimate of drug-likeness (QED) is 0.764. The molecule has 0 aliphatic heterocycles. The summed E-state index contributed by atoms with van der Waals surface area (Å²) in [7, 11) is 0. The van der Waals surface area contributed by atoms with Gasteiger partial charge in [0.15, 0.2) is 0 Å². The Hall–Kier alpha value is -1.09. The van der Waals surface area contributed by atoms with Crippen molar-refractivity contribution in [2.75, 3.05) is 11.9 Å². The van der Waals surface area contributed by atoms with Gasteiger partial charge in [-0.1, -0.05) is 0 Å². The van der Waals surface area contributed by atoms with Crippen LogP contribution in [0.15, 0.2) is 18.3 Å². The Bertz CT molecular complexity index is 318. The molecule has 0 atom stereocenters. The van der Waals surface area contributed by atoms with Crippen LogP contribution in [0.3, 0.4) is 0 Å². The maximum atomic E-state index is 6.11. The molecule has 2 rings (SSSR count). The zero-order valence-electron chi connectivity index (χ0n) is 8.59. The molecule has 1 saturated carbocycles. The van der Waals surface area contributed by atoms with Crippen LogP contribution in [-0.2, 0) is 0 Å². The van der Waals surface area contributed by atoms with E-state index in [1.165, 1.54) is 6.42 Å². The maximum Gasteiger partial charge on any atom is 0.0393 e. The van der Waals surface area contributed by atoms with Gasteiger partial charge >= 0.3 is 0 Å². The summed E-state index contributed by atoms with van der Waals surface area (Å²) in [5.41, 5.74) is 8.31. The van der Waals surface area contributed by atoms with E-state index in [9.17, 15) is 0 Å². The minimum atomic E-state index is 0.0389. The first-order chi connectivity index (χ1) is 6.68. The van der Waals surface area contributed by atoms with Gasteiger partial charge in [0.1, 0.15) is 0 Å². The van der Waals surface area contributed by atoms with E-state index in [1.807, 2.05) is 25.3 Å². The van der Waals surface area contributed by atoms with Crippen molar-refractivity contribution >= 4 is 5.69 Å². The van der Waals surface area contributed by atoms with Crippen LogP contribution in [0.2, 0.25) is 0 Å². The van der Waals surface area contributed by atoms with Gasteiger partial charge in [0.2, 0.25) is 0 Å². The predicted molar refractivity (Wildman–Crippen MR) is 58.2 cm³/mol. The van der Waals surface area contributed by atoms with E-state index in [4.69, 9.17) is 5.73 Å². The minimum absolute atomic E-state index is 0.0389. The number of aryl methyl sites for hydroxylation is 1. The molecule has 0 aromatic carbocycles. The second kappa shape index (κ2) is 3.58. The SMILES string of the molecule is Cc1cc(NCC2(N)CCC2)ccn1. The van der Waals surface area contributed by atoms with Crippen molar-refractivity contribution in [1.29, 1.82) is 0 Å². The van der Waals surface area contributed by atoms with E-state index in [-0.39, 0.29) is 5.54 Å². The molecule has 0 radical (unpaired) electrons. The van der Waals surface area contributed by atoms with Crippen molar-refractivity contribution in [3.63, 3.8) is 0 Å². The third-order valence-corrected chi connectivity index (χ3v) is 2.89. The lowest BCUT2D eigenvalue weighted by Gasteiger charge is -2.38. The van der Waals surface area contributed by atoms with Crippen LogP contribution in [0.1, 0.15) is 25.0 Å². The molecule has 1 heterocycles. The summed E-state index contributed by atoms with van der Waals surface area (Å²) < 4.78 is 0. The fraction of sp³-hybridized carbons (Fsp3) is 0.545. The summed E-state index contributed by atoms with van der Waals surface area (Å²) in [5, 5.41) is 3.36. The molecule has 0 bridgehead atoms. The summed E-state index contributed by atoms with van der Waals surface area (Å²) in [6, 6.07) is 4.02. The van der Waals surface area contributed by atoms with E-state index in [2.05, 4.69) is 10.3 Å². The summed E-state index contributed by atoms with van der Waals surface area (Å²) >= 11 is 0. The molecule has 76 valence electrons. The number of nitrogens with one attached hydrogen (secondary N) is 1. The first-order valence-corrected chi connectivity index (χ1v) is 5.13. The van der Waals surface area contributed by atoms with E-state index < -0.39 is 0 Å². The van der Waals surface area contributed by atoms with Gasteiger partial charge in [-0.15, -0.1) is 0 Å². The maximum absolute atomic E-state index is 6.11. The lowest BCUT2D eigenvalue weighted by molar-refractivity contribution is 0.265. The molecule has 1 aromatic heterocycles. The zero-order valence-corrected chi connectivity index (χ0v) is 8.59. The Labute approximate surface area is 84.7 Å². The highest BCUT2D eigenvalue weighted by Crippen LogP contribution is 2.29. The molecule has 0 spiro atoms. The average Bonchev–Trinajstić information content (AvgIpc) is 2.12. The molecule has 3 heteroatoms. The molecule has 1 aromatic rings. The molecule has 1 fully saturated rings. The van der Waals surface area contributed by atoms with E-state index in [0.717, 1.165) is 30.8 Å². The van der Waals surface area contributed by atoms with Crippen LogP contribution in [0, 0.1) is 6.92 Å². The molecule has 0 amide bonds. The van der Waals surface area contributed by atoms with Gasteiger partial charge in [-0.05, 0) is 38.3 Å². The van der Waals surface area contributed by atoms with Crippen molar-refractivity contribution in [3.8, 4) is 0 Å². The number of rotatable bonds is 3. The lowest BCUT2D eigenvalue weighted by Crippen LogP contribution is -2.51. The minimum Gasteiger partial charge on any atom is -0.383 e. The third kappa shape index (κ3) is 2.04. The van der Waals surface area contributed by atoms with Crippen LogP contribution in [0.5, 0.6) is 0 Å². The topological polar surface area (TPSA) is 50.9 Å². The molecule has 0 unspecified atom stereocenters. The highest BCUT2D eigenvalue weighted by Gasteiger charge is 2.31. The number of nitrogens with zero attached hydrogens (tertiary/aromatic N) is 1. The number of pyridine rings is 1. The molecular weight excluding hydrogens is 174 g/mol. The van der Waals surface area contributed by atoms with Gasteiger partial charge < -0.3 is 11.1 Å². The summed E-state index contributed by atoms with van der Waals surface area (Å²) in [6.07, 6.45) is 5.38. The fourth-order valence-corrected chi connectivity index (χ4v) is 1.74. The molecule has 3 nitrogen and oxygen atoms in total. The van der Waals surface area contributed by atoms with Gasteiger partial charge in [-0.25, -0.2) is 0 Å². The Kier molecular flexibility index (Phi) is 2.42. The van der Waals surface area contributed by atoms with Crippen molar-refractivity contribution < 1.29 is 0 Å². The first kappa shape index (κ1) is 9.46. The predicted octanol–water partition coefficient (Wildman–Crippen LogP) is 1.68. The smallest absolute Gasteiger partial charge is 0.0393 e. The van der Waals surface area contributed by atoms with Gasteiger partial charge in [0, 0.05) is 29.7 Å². The third-order valence-electron chi connectivity index (χ3n) is 2.89. The molecule has 14 heavy (non-hydrogen) atoms. The number of aromatic nitrogens is 1. The Morgan fingerprint density at radius 2 is 2.36 bits per heavy atom. The van der Waals surface area contributed by atoms with Crippen molar-refractivity contribution in [2.45, 2.75) is 31.7 Å². The van der Waals surface area contributed by atoms with Crippen LogP contribution in [0.25, 0.3) is 0 Å². The van der Waals surface area contributed by atoms with Gasteiger partial charge in [-0.2, -0.15) is 0 Å². The molecular formula is C11H17N3. The number of hydrogen-bond donors (Lipinski definition) is 2. The van der Waals surface area contributed by atoms with Gasteiger partial charge in [-0.3, -0.25) is 4.98 Å². The number of anilines is 1.